The highest BCUT2D eigenvalue weighted by atomic mass is 16.4. The van der Waals surface area contributed by atoms with Gasteiger partial charge in [-0.2, -0.15) is 0 Å². The Morgan fingerprint density at radius 2 is 2.26 bits per heavy atom. The topological polar surface area (TPSA) is 99.6 Å². The first-order valence-electron chi connectivity index (χ1n) is 5.83. The molecule has 2 heterocycles. The maximum absolute atomic E-state index is 11.7. The van der Waals surface area contributed by atoms with Gasteiger partial charge in [-0.3, -0.25) is 14.9 Å². The number of carbonyl (C=O) groups is 3. The molecule has 7 heteroatoms. The second kappa shape index (κ2) is 5.05. The van der Waals surface area contributed by atoms with Crippen molar-refractivity contribution < 1.29 is 19.5 Å². The molecule has 100 valence electrons. The number of pyridine rings is 1. The van der Waals surface area contributed by atoms with Crippen LogP contribution in [0.15, 0.2) is 18.2 Å². The van der Waals surface area contributed by atoms with E-state index in [1.54, 1.807) is 6.07 Å². The van der Waals surface area contributed by atoms with Crippen molar-refractivity contribution in [1.29, 1.82) is 0 Å². The number of aromatic carboxylic acids is 1. The molecule has 1 fully saturated rings. The molecule has 2 amide bonds. The Bertz CT molecular complexity index is 544. The lowest BCUT2D eigenvalue weighted by Gasteiger charge is -2.34. The van der Waals surface area contributed by atoms with Gasteiger partial charge in [0.2, 0.25) is 11.8 Å². The number of nitrogens with zero attached hydrogens (tertiary/aromatic N) is 2. The second-order valence-electron chi connectivity index (χ2n) is 4.15. The first-order chi connectivity index (χ1) is 9.02. The van der Waals surface area contributed by atoms with Gasteiger partial charge in [-0.25, -0.2) is 9.78 Å². The highest BCUT2D eigenvalue weighted by Crippen LogP contribution is 2.19. The number of aromatic nitrogens is 1. The minimum Gasteiger partial charge on any atom is -0.477 e. The fraction of sp³-hybridized carbons (Fsp3) is 0.333. The molecule has 0 bridgehead atoms. The standard InChI is InChI=1S/C12H13N3O4/c1-2-8-11(17)14-10(16)6-15(8)9-5-3-4-7(13-9)12(18)19/h3-5,8H,2,6H2,1H3,(H,18,19)(H,14,16,17). The van der Waals surface area contributed by atoms with Crippen molar-refractivity contribution in [2.45, 2.75) is 19.4 Å². The number of carboxylic acid groups (broad SMARTS) is 1. The van der Waals surface area contributed by atoms with Crippen molar-refractivity contribution in [2.75, 3.05) is 11.4 Å². The molecule has 1 saturated heterocycles. The Morgan fingerprint density at radius 1 is 1.53 bits per heavy atom. The van der Waals surface area contributed by atoms with Crippen molar-refractivity contribution in [3.63, 3.8) is 0 Å². The molecule has 2 rings (SSSR count). The average Bonchev–Trinajstić information content (AvgIpc) is 2.38. The van der Waals surface area contributed by atoms with Gasteiger partial charge in [0.25, 0.3) is 0 Å². The monoisotopic (exact) mass is 263 g/mol. The number of hydrogen-bond donors (Lipinski definition) is 2. The molecular formula is C12H13N3O4. The molecule has 19 heavy (non-hydrogen) atoms. The predicted molar refractivity (Wildman–Crippen MR) is 65.8 cm³/mol. The molecule has 1 atom stereocenters. The molecule has 1 aliphatic heterocycles. The number of imide groups is 1. The molecule has 0 aromatic carbocycles. The first-order valence-corrected chi connectivity index (χ1v) is 5.83. The van der Waals surface area contributed by atoms with E-state index in [2.05, 4.69) is 10.3 Å². The van der Waals surface area contributed by atoms with E-state index in [-0.39, 0.29) is 18.1 Å². The van der Waals surface area contributed by atoms with Crippen molar-refractivity contribution in [3.8, 4) is 0 Å². The number of anilines is 1. The molecule has 2 N–H and O–H groups in total. The van der Waals surface area contributed by atoms with E-state index in [4.69, 9.17) is 5.11 Å². The van der Waals surface area contributed by atoms with E-state index in [1.165, 1.54) is 17.0 Å². The van der Waals surface area contributed by atoms with Crippen molar-refractivity contribution >= 4 is 23.6 Å². The molecule has 1 unspecified atom stereocenters. The minimum atomic E-state index is -1.15. The average molecular weight is 263 g/mol. The summed E-state index contributed by atoms with van der Waals surface area (Å²) in [5, 5.41) is 11.2. The SMILES string of the molecule is CCC1C(=O)NC(=O)CN1c1cccc(C(=O)O)n1. The van der Waals surface area contributed by atoms with Gasteiger partial charge < -0.3 is 10.0 Å². The van der Waals surface area contributed by atoms with Crippen LogP contribution < -0.4 is 10.2 Å². The van der Waals surface area contributed by atoms with E-state index in [9.17, 15) is 14.4 Å². The summed E-state index contributed by atoms with van der Waals surface area (Å²) in [7, 11) is 0. The van der Waals surface area contributed by atoms with Crippen molar-refractivity contribution in [1.82, 2.24) is 10.3 Å². The fourth-order valence-electron chi connectivity index (χ4n) is 2.02. The van der Waals surface area contributed by atoms with Gasteiger partial charge in [0.15, 0.2) is 5.69 Å². The molecular weight excluding hydrogens is 250 g/mol. The van der Waals surface area contributed by atoms with Crippen LogP contribution in [0.4, 0.5) is 5.82 Å². The van der Waals surface area contributed by atoms with Gasteiger partial charge in [0.05, 0.1) is 6.54 Å². The first kappa shape index (κ1) is 13.0. The molecule has 7 nitrogen and oxygen atoms in total. The van der Waals surface area contributed by atoms with E-state index < -0.39 is 17.9 Å². The highest BCUT2D eigenvalue weighted by molar-refractivity contribution is 6.04. The number of hydrogen-bond acceptors (Lipinski definition) is 5. The van der Waals surface area contributed by atoms with Gasteiger partial charge >= 0.3 is 5.97 Å². The van der Waals surface area contributed by atoms with E-state index in [1.807, 2.05) is 6.92 Å². The van der Waals surface area contributed by atoms with E-state index in [0.717, 1.165) is 0 Å². The third-order valence-electron chi connectivity index (χ3n) is 2.89. The second-order valence-corrected chi connectivity index (χ2v) is 4.15. The van der Waals surface area contributed by atoms with E-state index >= 15 is 0 Å². The molecule has 0 saturated carbocycles. The van der Waals surface area contributed by atoms with E-state index in [0.29, 0.717) is 12.2 Å². The Labute approximate surface area is 109 Å². The van der Waals surface area contributed by atoms with Crippen molar-refractivity contribution in [2.24, 2.45) is 0 Å². The van der Waals surface area contributed by atoms with Crippen LogP contribution in [0.3, 0.4) is 0 Å². The summed E-state index contributed by atoms with van der Waals surface area (Å²) in [5.41, 5.74) is -0.120. The predicted octanol–water partition coefficient (Wildman–Crippen LogP) is 0.0212. The van der Waals surface area contributed by atoms with Gasteiger partial charge in [-0.05, 0) is 18.6 Å². The number of amides is 2. The van der Waals surface area contributed by atoms with Gasteiger partial charge in [-0.15, -0.1) is 0 Å². The van der Waals surface area contributed by atoms with Crippen LogP contribution in [0.5, 0.6) is 0 Å². The van der Waals surface area contributed by atoms with Crippen LogP contribution in [0.2, 0.25) is 0 Å². The Kier molecular flexibility index (Phi) is 3.46. The van der Waals surface area contributed by atoms with Gasteiger partial charge in [0.1, 0.15) is 11.9 Å². The lowest BCUT2D eigenvalue weighted by Crippen LogP contribution is -2.58. The lowest BCUT2D eigenvalue weighted by molar-refractivity contribution is -0.132. The zero-order chi connectivity index (χ0) is 14.0. The summed E-state index contributed by atoms with van der Waals surface area (Å²) in [6, 6.07) is 3.96. The largest absolute Gasteiger partial charge is 0.477 e. The Balaban J connectivity index is 2.37. The fourth-order valence-corrected chi connectivity index (χ4v) is 2.02. The van der Waals surface area contributed by atoms with Crippen LogP contribution in [-0.4, -0.2) is 40.5 Å². The minimum absolute atomic E-state index is 0.0136. The third kappa shape index (κ3) is 2.54. The normalized spacial score (nSPS) is 19.2. The van der Waals surface area contributed by atoms with Crippen LogP contribution in [-0.2, 0) is 9.59 Å². The summed E-state index contributed by atoms with van der Waals surface area (Å²) in [4.78, 5) is 39.5. The number of nitrogens with one attached hydrogen (secondary N) is 1. The van der Waals surface area contributed by atoms with Crippen LogP contribution in [0, 0.1) is 0 Å². The maximum Gasteiger partial charge on any atom is 0.354 e. The molecule has 1 aromatic heterocycles. The summed E-state index contributed by atoms with van der Waals surface area (Å²) >= 11 is 0. The van der Waals surface area contributed by atoms with Crippen molar-refractivity contribution in [3.05, 3.63) is 23.9 Å². The summed E-state index contributed by atoms with van der Waals surface area (Å²) < 4.78 is 0. The molecule has 1 aromatic rings. The molecule has 0 radical (unpaired) electrons. The molecule has 1 aliphatic rings. The Hall–Kier alpha value is -2.44. The van der Waals surface area contributed by atoms with Crippen LogP contribution in [0.25, 0.3) is 0 Å². The zero-order valence-electron chi connectivity index (χ0n) is 10.3. The van der Waals surface area contributed by atoms with Crippen LogP contribution in [0.1, 0.15) is 23.8 Å². The van der Waals surface area contributed by atoms with Crippen LogP contribution >= 0.6 is 0 Å². The maximum atomic E-state index is 11.7. The zero-order valence-corrected chi connectivity index (χ0v) is 10.3. The highest BCUT2D eigenvalue weighted by Gasteiger charge is 2.33. The molecule has 0 spiro atoms. The molecule has 0 aliphatic carbocycles. The number of carbonyl (C=O) groups excluding carboxylic acids is 2. The third-order valence-corrected chi connectivity index (χ3v) is 2.89. The summed E-state index contributed by atoms with van der Waals surface area (Å²) in [5.74, 6) is -1.64. The number of carboxylic acids is 1. The van der Waals surface area contributed by atoms with Gasteiger partial charge in [0, 0.05) is 0 Å². The quantitative estimate of drug-likeness (QED) is 0.746. The smallest absolute Gasteiger partial charge is 0.354 e. The van der Waals surface area contributed by atoms with Gasteiger partial charge in [-0.1, -0.05) is 13.0 Å². The number of piperazine rings is 1. The summed E-state index contributed by atoms with van der Waals surface area (Å²) in [6.07, 6.45) is 0.498. The Morgan fingerprint density at radius 3 is 2.89 bits per heavy atom. The lowest BCUT2D eigenvalue weighted by atomic mass is 10.1. The summed E-state index contributed by atoms with van der Waals surface area (Å²) in [6.45, 7) is 1.80. The number of rotatable bonds is 3.